The molecule has 2 N–H and O–H groups in total. The maximum absolute atomic E-state index is 11.6. The van der Waals surface area contributed by atoms with E-state index in [-0.39, 0.29) is 10.8 Å². The topological polar surface area (TPSA) is 94.5 Å². The Kier molecular flexibility index (Phi) is 4.60. The summed E-state index contributed by atoms with van der Waals surface area (Å²) in [6, 6.07) is 4.70. The highest BCUT2D eigenvalue weighted by molar-refractivity contribution is 7.89. The van der Waals surface area contributed by atoms with Crippen LogP contribution < -0.4 is 9.94 Å². The van der Waals surface area contributed by atoms with Crippen molar-refractivity contribution in [1.82, 2.24) is 4.57 Å². The fourth-order valence-electron chi connectivity index (χ4n) is 1.94. The molecule has 2 rings (SSSR count). The highest BCUT2D eigenvalue weighted by Crippen LogP contribution is 2.21. The third-order valence-electron chi connectivity index (χ3n) is 2.95. The second kappa shape index (κ2) is 6.08. The average molecular weight is 327 g/mol. The standard InChI is InChI=1S/C13H17N3O3S2/c1-3-7-16-10-6-5-9(21(14,18)19)8-11(10)20-13(16)15-12(17)4-2/h5-6,8H,3-4,7H2,1-2H3,(H2,14,18,19). The summed E-state index contributed by atoms with van der Waals surface area (Å²) >= 11 is 1.29. The molecule has 0 radical (unpaired) electrons. The number of amides is 1. The predicted molar refractivity (Wildman–Crippen MR) is 82.3 cm³/mol. The number of thiazole rings is 1. The number of aromatic nitrogens is 1. The van der Waals surface area contributed by atoms with Crippen LogP contribution in [0.5, 0.6) is 0 Å². The van der Waals surface area contributed by atoms with Crippen LogP contribution in [0.25, 0.3) is 10.2 Å². The van der Waals surface area contributed by atoms with E-state index in [4.69, 9.17) is 5.14 Å². The van der Waals surface area contributed by atoms with Gasteiger partial charge in [0, 0.05) is 13.0 Å². The second-order valence-corrected chi connectivity index (χ2v) is 7.14. The zero-order valence-electron chi connectivity index (χ0n) is 11.9. The molecule has 2 aromatic rings. The minimum Gasteiger partial charge on any atom is -0.316 e. The van der Waals surface area contributed by atoms with Crippen molar-refractivity contribution in [3.8, 4) is 0 Å². The lowest BCUT2D eigenvalue weighted by atomic mass is 10.3. The lowest BCUT2D eigenvalue weighted by Crippen LogP contribution is -2.16. The summed E-state index contributed by atoms with van der Waals surface area (Å²) in [6.07, 6.45) is 1.22. The number of nitrogens with two attached hydrogens (primary N) is 1. The Morgan fingerprint density at radius 3 is 2.67 bits per heavy atom. The Morgan fingerprint density at radius 1 is 1.38 bits per heavy atom. The molecule has 0 atom stereocenters. The summed E-state index contributed by atoms with van der Waals surface area (Å²) in [5.74, 6) is -0.196. The van der Waals surface area contributed by atoms with Gasteiger partial charge in [-0.05, 0) is 24.6 Å². The fraction of sp³-hybridized carbons (Fsp3) is 0.385. The number of nitrogens with zero attached hydrogens (tertiary/aromatic N) is 2. The molecule has 0 aliphatic rings. The summed E-state index contributed by atoms with van der Waals surface area (Å²) in [5, 5.41) is 5.15. The first-order valence-corrected chi connectivity index (χ1v) is 8.96. The quantitative estimate of drug-likeness (QED) is 0.924. The number of hydrogen-bond donors (Lipinski definition) is 1. The summed E-state index contributed by atoms with van der Waals surface area (Å²) in [4.78, 5) is 16.3. The van der Waals surface area contributed by atoms with Crippen molar-refractivity contribution in [1.29, 1.82) is 0 Å². The molecule has 1 aromatic carbocycles. The molecule has 0 aliphatic carbocycles. The largest absolute Gasteiger partial charge is 0.316 e. The monoisotopic (exact) mass is 327 g/mol. The van der Waals surface area contributed by atoms with Crippen molar-refractivity contribution in [3.05, 3.63) is 23.0 Å². The first kappa shape index (κ1) is 15.9. The summed E-state index contributed by atoms with van der Waals surface area (Å²) in [5.41, 5.74) is 0.858. The van der Waals surface area contributed by atoms with Crippen LogP contribution in [0.3, 0.4) is 0 Å². The lowest BCUT2D eigenvalue weighted by molar-refractivity contribution is -0.117. The van der Waals surface area contributed by atoms with Gasteiger partial charge in [0.2, 0.25) is 15.9 Å². The molecule has 0 saturated carbocycles. The molecule has 0 aliphatic heterocycles. The smallest absolute Gasteiger partial charge is 0.248 e. The van der Waals surface area contributed by atoms with E-state index in [1.54, 1.807) is 13.0 Å². The molecular formula is C13H17N3O3S2. The van der Waals surface area contributed by atoms with Crippen LogP contribution in [0.15, 0.2) is 28.1 Å². The third kappa shape index (κ3) is 3.39. The molecule has 0 unspecified atom stereocenters. The van der Waals surface area contributed by atoms with Gasteiger partial charge in [-0.15, -0.1) is 0 Å². The predicted octanol–water partition coefficient (Wildman–Crippen LogP) is 1.60. The number of carbonyl (C=O) groups excluding carboxylic acids is 1. The van der Waals surface area contributed by atoms with Crippen molar-refractivity contribution in [2.75, 3.05) is 0 Å². The van der Waals surface area contributed by atoms with E-state index in [2.05, 4.69) is 4.99 Å². The van der Waals surface area contributed by atoms with E-state index < -0.39 is 10.0 Å². The number of fused-ring (bicyclic) bond motifs is 1. The van der Waals surface area contributed by atoms with E-state index in [0.717, 1.165) is 16.6 Å². The maximum Gasteiger partial charge on any atom is 0.248 e. The Bertz CT molecular complexity index is 847. The van der Waals surface area contributed by atoms with E-state index in [9.17, 15) is 13.2 Å². The number of sulfonamides is 1. The Balaban J connectivity index is 2.73. The number of benzene rings is 1. The third-order valence-corrected chi connectivity index (χ3v) is 4.90. The van der Waals surface area contributed by atoms with Crippen molar-refractivity contribution >= 4 is 37.5 Å². The molecule has 8 heteroatoms. The first-order valence-electron chi connectivity index (χ1n) is 6.60. The molecule has 0 fully saturated rings. The SMILES string of the molecule is CCCn1c(=NC(=O)CC)sc2cc(S(N)(=O)=O)ccc21. The molecule has 114 valence electrons. The minimum atomic E-state index is -3.74. The van der Waals surface area contributed by atoms with Crippen molar-refractivity contribution in [3.63, 3.8) is 0 Å². The number of hydrogen-bond acceptors (Lipinski definition) is 4. The number of primary sulfonamides is 1. The summed E-state index contributed by atoms with van der Waals surface area (Å²) < 4.78 is 25.5. The Morgan fingerprint density at radius 2 is 2.10 bits per heavy atom. The lowest BCUT2D eigenvalue weighted by Gasteiger charge is -2.03. The zero-order chi connectivity index (χ0) is 15.6. The van der Waals surface area contributed by atoms with Crippen LogP contribution in [0, 0.1) is 0 Å². The van der Waals surface area contributed by atoms with Crippen LogP contribution in [0.2, 0.25) is 0 Å². The van der Waals surface area contributed by atoms with E-state index in [1.807, 2.05) is 11.5 Å². The highest BCUT2D eigenvalue weighted by Gasteiger charge is 2.12. The van der Waals surface area contributed by atoms with Crippen molar-refractivity contribution in [2.45, 2.75) is 38.1 Å². The van der Waals surface area contributed by atoms with Crippen LogP contribution in [-0.4, -0.2) is 18.9 Å². The normalized spacial score (nSPS) is 13.0. The van der Waals surface area contributed by atoms with E-state index >= 15 is 0 Å². The molecule has 1 heterocycles. The maximum atomic E-state index is 11.6. The molecular weight excluding hydrogens is 310 g/mol. The van der Waals surface area contributed by atoms with Gasteiger partial charge in [0.25, 0.3) is 0 Å². The average Bonchev–Trinajstić information content (AvgIpc) is 2.75. The van der Waals surface area contributed by atoms with Gasteiger partial charge in [0.05, 0.1) is 15.1 Å². The van der Waals surface area contributed by atoms with E-state index in [1.165, 1.54) is 23.5 Å². The number of rotatable bonds is 4. The van der Waals surface area contributed by atoms with Gasteiger partial charge < -0.3 is 4.57 Å². The number of aryl methyl sites for hydroxylation is 1. The highest BCUT2D eigenvalue weighted by atomic mass is 32.2. The van der Waals surface area contributed by atoms with Crippen LogP contribution in [-0.2, 0) is 21.4 Å². The van der Waals surface area contributed by atoms with Crippen LogP contribution in [0.1, 0.15) is 26.7 Å². The summed E-state index contributed by atoms with van der Waals surface area (Å²) in [6.45, 7) is 4.49. The molecule has 6 nitrogen and oxygen atoms in total. The molecule has 0 spiro atoms. The molecule has 1 aromatic heterocycles. The Labute approximate surface area is 127 Å². The second-order valence-electron chi connectivity index (χ2n) is 4.57. The van der Waals surface area contributed by atoms with Gasteiger partial charge in [-0.25, -0.2) is 13.6 Å². The van der Waals surface area contributed by atoms with Crippen LogP contribution in [0.4, 0.5) is 0 Å². The van der Waals surface area contributed by atoms with Gasteiger partial charge >= 0.3 is 0 Å². The molecule has 0 bridgehead atoms. The van der Waals surface area contributed by atoms with Gasteiger partial charge in [-0.1, -0.05) is 25.2 Å². The van der Waals surface area contributed by atoms with Crippen molar-refractivity contribution in [2.24, 2.45) is 10.1 Å². The molecule has 0 saturated heterocycles. The molecule has 1 amide bonds. The number of carbonyl (C=O) groups is 1. The van der Waals surface area contributed by atoms with Crippen LogP contribution >= 0.6 is 11.3 Å². The van der Waals surface area contributed by atoms with Gasteiger partial charge in [-0.2, -0.15) is 4.99 Å². The zero-order valence-corrected chi connectivity index (χ0v) is 13.5. The summed E-state index contributed by atoms with van der Waals surface area (Å²) in [7, 11) is -3.74. The van der Waals surface area contributed by atoms with Gasteiger partial charge in [0.1, 0.15) is 0 Å². The molecule has 21 heavy (non-hydrogen) atoms. The van der Waals surface area contributed by atoms with Crippen molar-refractivity contribution < 1.29 is 13.2 Å². The Hall–Kier alpha value is -1.51. The van der Waals surface area contributed by atoms with Gasteiger partial charge in [0.15, 0.2) is 4.80 Å². The minimum absolute atomic E-state index is 0.0632. The van der Waals surface area contributed by atoms with E-state index in [0.29, 0.717) is 17.8 Å². The first-order chi connectivity index (χ1) is 9.86. The van der Waals surface area contributed by atoms with Gasteiger partial charge in [-0.3, -0.25) is 4.79 Å². The fourth-order valence-corrected chi connectivity index (χ4v) is 3.67.